The molecule has 2 amide bonds. The normalized spacial score (nSPS) is 24.3. The van der Waals surface area contributed by atoms with E-state index in [0.29, 0.717) is 43.0 Å². The summed E-state index contributed by atoms with van der Waals surface area (Å²) in [4.78, 5) is 26.4. The van der Waals surface area contributed by atoms with Gasteiger partial charge in [0.15, 0.2) is 0 Å². The quantitative estimate of drug-likeness (QED) is 0.912. The maximum atomic E-state index is 12.7. The van der Waals surface area contributed by atoms with Crippen molar-refractivity contribution >= 4 is 17.5 Å². The van der Waals surface area contributed by atoms with Crippen molar-refractivity contribution in [3.05, 3.63) is 23.8 Å². The number of rotatable bonds is 2. The number of anilines is 1. The fourth-order valence-electron chi connectivity index (χ4n) is 3.56. The Morgan fingerprint density at radius 1 is 1.30 bits per heavy atom. The summed E-state index contributed by atoms with van der Waals surface area (Å²) < 4.78 is 5.55. The van der Waals surface area contributed by atoms with Gasteiger partial charge in [0.05, 0.1) is 25.1 Å². The summed E-state index contributed by atoms with van der Waals surface area (Å²) in [5.74, 6) is 0.780. The van der Waals surface area contributed by atoms with Crippen LogP contribution in [0.15, 0.2) is 18.2 Å². The number of carbonyl (C=O) groups is 2. The Morgan fingerprint density at radius 3 is 2.78 bits per heavy atom. The molecule has 124 valence electrons. The Morgan fingerprint density at radius 2 is 2.04 bits per heavy atom. The zero-order valence-electron chi connectivity index (χ0n) is 13.8. The van der Waals surface area contributed by atoms with E-state index < -0.39 is 0 Å². The number of benzene rings is 1. The maximum absolute atomic E-state index is 12.7. The second-order valence-electron chi connectivity index (χ2n) is 6.58. The number of nitrogens with zero attached hydrogens (tertiary/aromatic N) is 1. The topological polar surface area (TPSA) is 58.6 Å². The van der Waals surface area contributed by atoms with Crippen LogP contribution in [0.4, 0.5) is 5.69 Å². The average Bonchev–Trinajstić information content (AvgIpc) is 2.67. The Kier molecular flexibility index (Phi) is 4.55. The first-order valence-corrected chi connectivity index (χ1v) is 8.41. The monoisotopic (exact) mass is 316 g/mol. The third-order valence-electron chi connectivity index (χ3n) is 4.74. The van der Waals surface area contributed by atoms with Crippen LogP contribution in [-0.4, -0.2) is 35.4 Å². The van der Waals surface area contributed by atoms with Crippen LogP contribution < -0.4 is 10.1 Å². The van der Waals surface area contributed by atoms with Gasteiger partial charge in [-0.05, 0) is 50.8 Å². The van der Waals surface area contributed by atoms with Gasteiger partial charge >= 0.3 is 0 Å². The van der Waals surface area contributed by atoms with Crippen LogP contribution in [0.2, 0.25) is 0 Å². The van der Waals surface area contributed by atoms with Crippen LogP contribution >= 0.6 is 0 Å². The van der Waals surface area contributed by atoms with Gasteiger partial charge in [0.25, 0.3) is 0 Å². The van der Waals surface area contributed by atoms with Crippen LogP contribution in [0.25, 0.3) is 0 Å². The summed E-state index contributed by atoms with van der Waals surface area (Å²) in [5, 5.41) is 2.84. The molecule has 2 aliphatic rings. The molecule has 0 bridgehead atoms. The summed E-state index contributed by atoms with van der Waals surface area (Å²) >= 11 is 0. The Hall–Kier alpha value is -2.04. The first kappa shape index (κ1) is 15.8. The molecule has 1 aromatic rings. The highest BCUT2D eigenvalue weighted by Gasteiger charge is 2.28. The van der Waals surface area contributed by atoms with Crippen molar-refractivity contribution in [1.82, 2.24) is 4.90 Å². The summed E-state index contributed by atoms with van der Waals surface area (Å²) in [6.07, 6.45) is 4.05. The maximum Gasteiger partial charge on any atom is 0.227 e. The number of nitrogens with one attached hydrogen (secondary N) is 1. The Labute approximate surface area is 137 Å². The molecular weight excluding hydrogens is 292 g/mol. The smallest absolute Gasteiger partial charge is 0.227 e. The number of likely N-dealkylation sites (tertiary alicyclic amines) is 1. The second kappa shape index (κ2) is 6.60. The van der Waals surface area contributed by atoms with E-state index in [1.165, 1.54) is 6.42 Å². The van der Waals surface area contributed by atoms with E-state index in [9.17, 15) is 9.59 Å². The third-order valence-corrected chi connectivity index (χ3v) is 4.74. The van der Waals surface area contributed by atoms with Crippen molar-refractivity contribution in [3.63, 3.8) is 0 Å². The minimum absolute atomic E-state index is 0.0505. The highest BCUT2D eigenvalue weighted by Crippen LogP contribution is 2.29. The van der Waals surface area contributed by atoms with Gasteiger partial charge in [-0.15, -0.1) is 0 Å². The summed E-state index contributed by atoms with van der Waals surface area (Å²) in [7, 11) is 0. The molecule has 1 saturated heterocycles. The van der Waals surface area contributed by atoms with Crippen LogP contribution in [-0.2, 0) is 16.0 Å². The summed E-state index contributed by atoms with van der Waals surface area (Å²) in [6, 6.07) is 6.21. The predicted octanol–water partition coefficient (Wildman–Crippen LogP) is 2.74. The van der Waals surface area contributed by atoms with Gasteiger partial charge in [-0.25, -0.2) is 0 Å². The summed E-state index contributed by atoms with van der Waals surface area (Å²) in [5.41, 5.74) is 1.57. The van der Waals surface area contributed by atoms with Crippen molar-refractivity contribution < 1.29 is 14.3 Å². The van der Waals surface area contributed by atoms with Gasteiger partial charge < -0.3 is 15.0 Å². The lowest BCUT2D eigenvalue weighted by atomic mass is 9.96. The molecule has 1 N–H and O–H groups in total. The number of fused-ring (bicyclic) bond motifs is 1. The molecule has 0 aromatic heterocycles. The zero-order chi connectivity index (χ0) is 16.4. The number of ether oxygens (including phenoxy) is 1. The molecule has 0 radical (unpaired) electrons. The van der Waals surface area contributed by atoms with E-state index in [1.54, 1.807) is 0 Å². The molecule has 2 atom stereocenters. The first-order chi connectivity index (χ1) is 11.0. The van der Waals surface area contributed by atoms with Gasteiger partial charge in [0, 0.05) is 12.1 Å². The fraction of sp³-hybridized carbons (Fsp3) is 0.556. The molecule has 0 saturated carbocycles. The van der Waals surface area contributed by atoms with Gasteiger partial charge in [-0.1, -0.05) is 6.07 Å². The molecule has 0 spiro atoms. The fourth-order valence-corrected chi connectivity index (χ4v) is 3.56. The molecule has 1 aromatic carbocycles. The van der Waals surface area contributed by atoms with Crippen LogP contribution in [0.1, 0.15) is 45.1 Å². The lowest BCUT2D eigenvalue weighted by Gasteiger charge is -2.39. The Bertz CT molecular complexity index is 604. The highest BCUT2D eigenvalue weighted by atomic mass is 16.5. The van der Waals surface area contributed by atoms with E-state index in [-0.39, 0.29) is 11.8 Å². The number of hydrogen-bond acceptors (Lipinski definition) is 3. The molecule has 23 heavy (non-hydrogen) atoms. The molecule has 3 rings (SSSR count). The van der Waals surface area contributed by atoms with Gasteiger partial charge in [-0.3, -0.25) is 9.59 Å². The SMILES string of the molecule is CC1CCCC(C)N1C(=O)Cc1ccc2c(c1)NC(=O)CCO2. The van der Waals surface area contributed by atoms with Crippen LogP contribution in [0, 0.1) is 0 Å². The van der Waals surface area contributed by atoms with E-state index in [0.717, 1.165) is 18.4 Å². The van der Waals surface area contributed by atoms with E-state index in [1.807, 2.05) is 23.1 Å². The molecular formula is C18H24N2O3. The van der Waals surface area contributed by atoms with Gasteiger partial charge in [0.2, 0.25) is 11.8 Å². The number of hydrogen-bond donors (Lipinski definition) is 1. The molecule has 0 aliphatic carbocycles. The van der Waals surface area contributed by atoms with Crippen LogP contribution in [0.3, 0.4) is 0 Å². The van der Waals surface area contributed by atoms with Gasteiger partial charge in [-0.2, -0.15) is 0 Å². The van der Waals surface area contributed by atoms with Gasteiger partial charge in [0.1, 0.15) is 5.75 Å². The first-order valence-electron chi connectivity index (χ1n) is 8.41. The second-order valence-corrected chi connectivity index (χ2v) is 6.58. The van der Waals surface area contributed by atoms with E-state index in [4.69, 9.17) is 4.74 Å². The molecule has 2 aliphatic heterocycles. The lowest BCUT2D eigenvalue weighted by Crippen LogP contribution is -2.48. The van der Waals surface area contributed by atoms with Crippen molar-refractivity contribution in [2.24, 2.45) is 0 Å². The zero-order valence-corrected chi connectivity index (χ0v) is 13.8. The third kappa shape index (κ3) is 3.49. The van der Waals surface area contributed by atoms with E-state index in [2.05, 4.69) is 19.2 Å². The lowest BCUT2D eigenvalue weighted by molar-refractivity contribution is -0.136. The van der Waals surface area contributed by atoms with E-state index >= 15 is 0 Å². The number of amides is 2. The standard InChI is InChI=1S/C18H24N2O3/c1-12-4-3-5-13(2)20(12)18(22)11-14-6-7-16-15(10-14)19-17(21)8-9-23-16/h6-7,10,12-13H,3-5,8-9,11H2,1-2H3,(H,19,21). The molecule has 5 heteroatoms. The Balaban J connectivity index is 1.75. The summed E-state index contributed by atoms with van der Waals surface area (Å²) in [6.45, 7) is 4.64. The van der Waals surface area contributed by atoms with Crippen molar-refractivity contribution in [1.29, 1.82) is 0 Å². The highest BCUT2D eigenvalue weighted by molar-refractivity contribution is 5.93. The minimum Gasteiger partial charge on any atom is -0.491 e. The minimum atomic E-state index is -0.0505. The molecule has 2 heterocycles. The van der Waals surface area contributed by atoms with Crippen LogP contribution in [0.5, 0.6) is 5.75 Å². The van der Waals surface area contributed by atoms with Crippen molar-refractivity contribution in [2.75, 3.05) is 11.9 Å². The largest absolute Gasteiger partial charge is 0.491 e. The number of piperidine rings is 1. The number of carbonyl (C=O) groups excluding carboxylic acids is 2. The van der Waals surface area contributed by atoms with Crippen molar-refractivity contribution in [2.45, 2.75) is 58.0 Å². The molecule has 1 fully saturated rings. The molecule has 2 unspecified atom stereocenters. The predicted molar refractivity (Wildman–Crippen MR) is 88.5 cm³/mol. The average molecular weight is 316 g/mol. The molecule has 5 nitrogen and oxygen atoms in total. The van der Waals surface area contributed by atoms with Crippen molar-refractivity contribution in [3.8, 4) is 5.75 Å².